The van der Waals surface area contributed by atoms with E-state index in [-0.39, 0.29) is 0 Å². The van der Waals surface area contributed by atoms with Crippen molar-refractivity contribution in [2.75, 3.05) is 31.6 Å². The van der Waals surface area contributed by atoms with Gasteiger partial charge < -0.3 is 10.2 Å². The lowest BCUT2D eigenvalue weighted by atomic mass is 10.0. The molecule has 1 aromatic rings. The van der Waals surface area contributed by atoms with Gasteiger partial charge in [0.25, 0.3) is 0 Å². The predicted molar refractivity (Wildman–Crippen MR) is 58.7 cm³/mol. The van der Waals surface area contributed by atoms with E-state index in [0.29, 0.717) is 0 Å². The fraction of sp³-hybridized carbons (Fsp3) is 0.600. The van der Waals surface area contributed by atoms with Crippen LogP contribution in [0.15, 0.2) is 11.4 Å². The van der Waals surface area contributed by atoms with Crippen LogP contribution >= 0.6 is 11.3 Å². The van der Waals surface area contributed by atoms with Gasteiger partial charge in [0.2, 0.25) is 0 Å². The van der Waals surface area contributed by atoms with Crippen molar-refractivity contribution in [3.63, 3.8) is 0 Å². The highest BCUT2D eigenvalue weighted by Gasteiger charge is 2.19. The zero-order chi connectivity index (χ0) is 9.26. The molecule has 0 unspecified atom stereocenters. The van der Waals surface area contributed by atoms with Gasteiger partial charge in [-0.25, -0.2) is 0 Å². The second-order valence-corrected chi connectivity index (χ2v) is 4.71. The maximum Gasteiger partial charge on any atom is 0.0935 e. The molecule has 1 aliphatic rings. The first-order valence-corrected chi connectivity index (χ1v) is 5.61. The van der Waals surface area contributed by atoms with Crippen molar-refractivity contribution in [3.8, 4) is 0 Å². The first-order valence-electron chi connectivity index (χ1n) is 4.73. The summed E-state index contributed by atoms with van der Waals surface area (Å²) in [5.74, 6) is 0.853. The Morgan fingerprint density at radius 2 is 2.38 bits per heavy atom. The zero-order valence-corrected chi connectivity index (χ0v) is 9.03. The minimum Gasteiger partial charge on any atom is -0.366 e. The maximum atomic E-state index is 3.30. The van der Waals surface area contributed by atoms with E-state index < -0.39 is 0 Å². The van der Waals surface area contributed by atoms with Crippen molar-refractivity contribution in [1.29, 1.82) is 0 Å². The molecule has 0 amide bonds. The molecular formula is C10H16N2S. The zero-order valence-electron chi connectivity index (χ0n) is 8.21. The minimum atomic E-state index is 0.853. The maximum absolute atomic E-state index is 3.30. The second-order valence-electron chi connectivity index (χ2n) is 3.81. The van der Waals surface area contributed by atoms with E-state index in [1.165, 1.54) is 30.2 Å². The number of nitrogens with zero attached hydrogens (tertiary/aromatic N) is 1. The Kier molecular flexibility index (Phi) is 2.56. The number of hydrogen-bond acceptors (Lipinski definition) is 3. The Morgan fingerprint density at radius 1 is 1.62 bits per heavy atom. The van der Waals surface area contributed by atoms with E-state index in [4.69, 9.17) is 0 Å². The normalized spacial score (nSPS) is 17.1. The highest BCUT2D eigenvalue weighted by Crippen LogP contribution is 2.26. The van der Waals surface area contributed by atoms with Gasteiger partial charge >= 0.3 is 0 Å². The van der Waals surface area contributed by atoms with Gasteiger partial charge in [-0.3, -0.25) is 0 Å². The van der Waals surface area contributed by atoms with E-state index in [1.807, 2.05) is 11.3 Å². The molecule has 1 saturated heterocycles. The number of thiophene rings is 1. The van der Waals surface area contributed by atoms with Gasteiger partial charge in [-0.1, -0.05) is 0 Å². The lowest BCUT2D eigenvalue weighted by Gasteiger charge is -2.31. The summed E-state index contributed by atoms with van der Waals surface area (Å²) in [7, 11) is 2.19. The Morgan fingerprint density at radius 3 is 2.85 bits per heavy atom. The Balaban J connectivity index is 1.96. The van der Waals surface area contributed by atoms with Gasteiger partial charge in [-0.15, -0.1) is 11.3 Å². The third kappa shape index (κ3) is 1.86. The van der Waals surface area contributed by atoms with E-state index in [9.17, 15) is 0 Å². The molecule has 0 spiro atoms. The van der Waals surface area contributed by atoms with Crippen molar-refractivity contribution >= 4 is 16.3 Å². The van der Waals surface area contributed by atoms with E-state index in [1.54, 1.807) is 0 Å². The largest absolute Gasteiger partial charge is 0.366 e. The highest BCUT2D eigenvalue weighted by molar-refractivity contribution is 7.14. The molecule has 0 bridgehead atoms. The minimum absolute atomic E-state index is 0.853. The monoisotopic (exact) mass is 196 g/mol. The van der Waals surface area contributed by atoms with Crippen molar-refractivity contribution < 1.29 is 0 Å². The average molecular weight is 196 g/mol. The molecule has 3 heteroatoms. The lowest BCUT2D eigenvalue weighted by molar-refractivity contribution is 0.353. The van der Waals surface area contributed by atoms with Crippen LogP contribution in [0.2, 0.25) is 0 Å². The molecule has 72 valence electrons. The highest BCUT2D eigenvalue weighted by atomic mass is 32.1. The number of anilines is 1. The molecule has 1 fully saturated rings. The third-order valence-electron chi connectivity index (χ3n) is 2.58. The Hall–Kier alpha value is -0.540. The molecule has 0 atom stereocenters. The van der Waals surface area contributed by atoms with Crippen LogP contribution in [0.4, 0.5) is 5.00 Å². The van der Waals surface area contributed by atoms with Crippen LogP contribution in [0.5, 0.6) is 0 Å². The number of nitrogens with one attached hydrogen (secondary N) is 1. The van der Waals surface area contributed by atoms with Crippen LogP contribution in [-0.2, 0) is 0 Å². The van der Waals surface area contributed by atoms with Crippen molar-refractivity contribution in [2.24, 2.45) is 5.92 Å². The number of aryl methyl sites for hydroxylation is 1. The van der Waals surface area contributed by atoms with Gasteiger partial charge in [0.1, 0.15) is 0 Å². The quantitative estimate of drug-likeness (QED) is 0.792. The molecule has 1 aromatic heterocycles. The SMILES string of the molecule is Cc1ccsc1N(C)CC1CNC1. The van der Waals surface area contributed by atoms with Crippen LogP contribution in [0.25, 0.3) is 0 Å². The fourth-order valence-corrected chi connectivity index (χ4v) is 2.61. The number of hydrogen-bond donors (Lipinski definition) is 1. The van der Waals surface area contributed by atoms with Crippen LogP contribution in [-0.4, -0.2) is 26.7 Å². The summed E-state index contributed by atoms with van der Waals surface area (Å²) in [4.78, 5) is 2.38. The van der Waals surface area contributed by atoms with E-state index >= 15 is 0 Å². The smallest absolute Gasteiger partial charge is 0.0935 e. The van der Waals surface area contributed by atoms with Crippen molar-refractivity contribution in [2.45, 2.75) is 6.92 Å². The van der Waals surface area contributed by atoms with Crippen LogP contribution < -0.4 is 10.2 Å². The first-order chi connectivity index (χ1) is 6.27. The van der Waals surface area contributed by atoms with E-state index in [0.717, 1.165) is 5.92 Å². The molecule has 13 heavy (non-hydrogen) atoms. The van der Waals surface area contributed by atoms with Crippen molar-refractivity contribution in [1.82, 2.24) is 5.32 Å². The second kappa shape index (κ2) is 3.68. The third-order valence-corrected chi connectivity index (χ3v) is 3.71. The number of rotatable bonds is 3. The molecule has 0 aliphatic carbocycles. The molecule has 1 aliphatic heterocycles. The van der Waals surface area contributed by atoms with Crippen LogP contribution in [0.1, 0.15) is 5.56 Å². The molecule has 0 saturated carbocycles. The van der Waals surface area contributed by atoms with Gasteiger partial charge in [0.05, 0.1) is 5.00 Å². The Bertz CT molecular complexity index is 278. The standard InChI is InChI=1S/C10H16N2S/c1-8-3-4-13-10(8)12(2)7-9-5-11-6-9/h3-4,9,11H,5-7H2,1-2H3. The van der Waals surface area contributed by atoms with Crippen LogP contribution in [0, 0.1) is 12.8 Å². The molecule has 1 N–H and O–H groups in total. The molecule has 2 nitrogen and oxygen atoms in total. The van der Waals surface area contributed by atoms with Gasteiger partial charge in [0, 0.05) is 32.6 Å². The summed E-state index contributed by atoms with van der Waals surface area (Å²) in [5, 5.41) is 6.89. The summed E-state index contributed by atoms with van der Waals surface area (Å²) in [6, 6.07) is 2.19. The van der Waals surface area contributed by atoms with E-state index in [2.05, 4.69) is 35.6 Å². The first kappa shape index (κ1) is 9.03. The summed E-state index contributed by atoms with van der Waals surface area (Å²) in [5.41, 5.74) is 1.40. The summed E-state index contributed by atoms with van der Waals surface area (Å²) in [6.07, 6.45) is 0. The van der Waals surface area contributed by atoms with Crippen molar-refractivity contribution in [3.05, 3.63) is 17.0 Å². The van der Waals surface area contributed by atoms with Crippen LogP contribution in [0.3, 0.4) is 0 Å². The van der Waals surface area contributed by atoms with Gasteiger partial charge in [0.15, 0.2) is 0 Å². The molecular weight excluding hydrogens is 180 g/mol. The lowest BCUT2D eigenvalue weighted by Crippen LogP contribution is -2.47. The average Bonchev–Trinajstić information content (AvgIpc) is 2.43. The fourth-order valence-electron chi connectivity index (χ4n) is 1.70. The molecule has 0 radical (unpaired) electrons. The molecule has 2 heterocycles. The van der Waals surface area contributed by atoms with Gasteiger partial charge in [-0.05, 0) is 23.9 Å². The Labute approximate surface area is 83.6 Å². The topological polar surface area (TPSA) is 15.3 Å². The summed E-state index contributed by atoms with van der Waals surface area (Å²) in [6.45, 7) is 5.75. The summed E-state index contributed by atoms with van der Waals surface area (Å²) < 4.78 is 0. The van der Waals surface area contributed by atoms with Gasteiger partial charge in [-0.2, -0.15) is 0 Å². The predicted octanol–water partition coefficient (Wildman–Crippen LogP) is 1.71. The summed E-state index contributed by atoms with van der Waals surface area (Å²) >= 11 is 1.84. The molecule has 2 rings (SSSR count). The molecule has 0 aromatic carbocycles.